The maximum Gasteiger partial charge on any atom is 0.111 e. The Balaban J connectivity index is 0.000000213. The van der Waals surface area contributed by atoms with Crippen molar-refractivity contribution in [3.05, 3.63) is 72.3 Å². The van der Waals surface area contributed by atoms with Gasteiger partial charge >= 0.3 is 0 Å². The largest absolute Gasteiger partial charge is 0.281 e. The molecule has 4 aromatic heterocycles. The van der Waals surface area contributed by atoms with E-state index in [0.29, 0.717) is 0 Å². The van der Waals surface area contributed by atoms with Crippen molar-refractivity contribution in [2.24, 2.45) is 0 Å². The summed E-state index contributed by atoms with van der Waals surface area (Å²) in [6.45, 7) is 12.9. The van der Waals surface area contributed by atoms with Gasteiger partial charge in [0, 0.05) is 55.7 Å². The van der Waals surface area contributed by atoms with E-state index in [9.17, 15) is 0 Å². The van der Waals surface area contributed by atoms with Crippen molar-refractivity contribution in [1.29, 1.82) is 0 Å². The summed E-state index contributed by atoms with van der Waals surface area (Å²) in [5, 5.41) is 14.6. The van der Waals surface area contributed by atoms with Gasteiger partial charge in [0.05, 0.1) is 11.4 Å². The SMILES string of the molecule is CC(C)(C)c1cc(-c2ccccn2)n[nH]1.CC(C)(C)c1cc(-c2ccccn2)n[nH]1.[Pt]. The van der Waals surface area contributed by atoms with Crippen LogP contribution in [0.1, 0.15) is 52.9 Å². The molecule has 4 rings (SSSR count). The van der Waals surface area contributed by atoms with Crippen LogP contribution in [-0.2, 0) is 31.9 Å². The number of hydrogen-bond acceptors (Lipinski definition) is 4. The smallest absolute Gasteiger partial charge is 0.111 e. The van der Waals surface area contributed by atoms with Gasteiger partial charge in [0.25, 0.3) is 0 Å². The van der Waals surface area contributed by atoms with Crippen molar-refractivity contribution in [2.75, 3.05) is 0 Å². The summed E-state index contributed by atoms with van der Waals surface area (Å²) >= 11 is 0. The number of aromatic nitrogens is 6. The molecule has 7 heteroatoms. The van der Waals surface area contributed by atoms with Gasteiger partial charge in [0.15, 0.2) is 0 Å². The van der Waals surface area contributed by atoms with Gasteiger partial charge in [0.1, 0.15) is 11.4 Å². The summed E-state index contributed by atoms with van der Waals surface area (Å²) in [5.74, 6) is 0. The summed E-state index contributed by atoms with van der Waals surface area (Å²) in [5.41, 5.74) is 6.07. The van der Waals surface area contributed by atoms with Crippen LogP contribution in [0.4, 0.5) is 0 Å². The van der Waals surface area contributed by atoms with Crippen molar-refractivity contribution < 1.29 is 21.1 Å². The fourth-order valence-electron chi connectivity index (χ4n) is 2.70. The molecule has 0 fully saturated rings. The van der Waals surface area contributed by atoms with Crippen LogP contribution in [0.15, 0.2) is 60.9 Å². The number of rotatable bonds is 2. The second kappa shape index (κ2) is 10.1. The van der Waals surface area contributed by atoms with Gasteiger partial charge in [-0.05, 0) is 36.4 Å². The first-order chi connectivity index (χ1) is 14.1. The minimum absolute atomic E-state index is 0. The van der Waals surface area contributed by atoms with Crippen LogP contribution in [0.25, 0.3) is 22.8 Å². The summed E-state index contributed by atoms with van der Waals surface area (Å²) in [6.07, 6.45) is 3.56. The van der Waals surface area contributed by atoms with Crippen molar-refractivity contribution in [2.45, 2.75) is 52.4 Å². The van der Waals surface area contributed by atoms with Crippen molar-refractivity contribution >= 4 is 0 Å². The molecular weight excluding hydrogens is 567 g/mol. The standard InChI is InChI=1S/2C12H15N3.Pt/c2*1-12(2,3)11-8-10(14-15-11)9-6-4-5-7-13-9;/h2*4-8H,1-3H3,(H,14,15);. The van der Waals surface area contributed by atoms with Crippen LogP contribution in [0.5, 0.6) is 0 Å². The van der Waals surface area contributed by atoms with E-state index >= 15 is 0 Å². The first-order valence-electron chi connectivity index (χ1n) is 10.1. The van der Waals surface area contributed by atoms with Crippen molar-refractivity contribution in [3.63, 3.8) is 0 Å². The van der Waals surface area contributed by atoms with E-state index in [1.165, 1.54) is 0 Å². The first kappa shape index (κ1) is 24.7. The molecule has 0 spiro atoms. The predicted octanol–water partition coefficient (Wildman–Crippen LogP) is 5.54. The van der Waals surface area contributed by atoms with Gasteiger partial charge in [0.2, 0.25) is 0 Å². The molecule has 0 atom stereocenters. The third-order valence-corrected chi connectivity index (χ3v) is 4.63. The van der Waals surface area contributed by atoms with Crippen molar-refractivity contribution in [1.82, 2.24) is 30.4 Å². The number of aromatic amines is 2. The fourth-order valence-corrected chi connectivity index (χ4v) is 2.70. The summed E-state index contributed by atoms with van der Waals surface area (Å²) in [4.78, 5) is 8.52. The second-order valence-corrected chi connectivity index (χ2v) is 9.26. The van der Waals surface area contributed by atoms with Crippen LogP contribution in [0, 0.1) is 0 Å². The Kier molecular flexibility index (Phi) is 8.07. The molecule has 6 nitrogen and oxygen atoms in total. The minimum atomic E-state index is 0. The molecule has 4 heterocycles. The number of pyridine rings is 2. The maximum atomic E-state index is 4.27. The first-order valence-corrected chi connectivity index (χ1v) is 10.1. The van der Waals surface area contributed by atoms with Crippen LogP contribution < -0.4 is 0 Å². The number of nitrogens with zero attached hydrogens (tertiary/aromatic N) is 4. The molecule has 4 aromatic rings. The quantitative estimate of drug-likeness (QED) is 0.318. The van der Waals surface area contributed by atoms with Crippen molar-refractivity contribution in [3.8, 4) is 22.8 Å². The van der Waals surface area contributed by atoms with Gasteiger partial charge < -0.3 is 0 Å². The second-order valence-electron chi connectivity index (χ2n) is 9.26. The van der Waals surface area contributed by atoms with Gasteiger partial charge in [-0.2, -0.15) is 10.2 Å². The summed E-state index contributed by atoms with van der Waals surface area (Å²) < 4.78 is 0. The molecule has 0 aliphatic carbocycles. The molecule has 0 bridgehead atoms. The third kappa shape index (κ3) is 6.70. The summed E-state index contributed by atoms with van der Waals surface area (Å²) in [7, 11) is 0. The zero-order valence-electron chi connectivity index (χ0n) is 18.9. The van der Waals surface area contributed by atoms with E-state index in [1.54, 1.807) is 12.4 Å². The molecule has 0 saturated carbocycles. The Labute approximate surface area is 198 Å². The number of hydrogen-bond donors (Lipinski definition) is 2. The molecule has 0 aliphatic heterocycles. The third-order valence-electron chi connectivity index (χ3n) is 4.63. The molecule has 0 amide bonds. The molecule has 31 heavy (non-hydrogen) atoms. The van der Waals surface area contributed by atoms with Gasteiger partial charge in [-0.25, -0.2) is 0 Å². The predicted molar refractivity (Wildman–Crippen MR) is 121 cm³/mol. The van der Waals surface area contributed by atoms with E-state index in [4.69, 9.17) is 0 Å². The molecule has 0 radical (unpaired) electrons. The van der Waals surface area contributed by atoms with Gasteiger partial charge in [-0.3, -0.25) is 20.2 Å². The Morgan fingerprint density at radius 2 is 0.968 bits per heavy atom. The van der Waals surface area contributed by atoms with E-state index in [-0.39, 0.29) is 31.9 Å². The molecule has 0 aromatic carbocycles. The Morgan fingerprint density at radius 3 is 1.23 bits per heavy atom. The average molecular weight is 598 g/mol. The van der Waals surface area contributed by atoms with E-state index in [1.807, 2.05) is 36.4 Å². The Hall–Kier alpha value is -2.59. The van der Waals surface area contributed by atoms with Gasteiger partial charge in [-0.15, -0.1) is 0 Å². The van der Waals surface area contributed by atoms with E-state index < -0.39 is 0 Å². The van der Waals surface area contributed by atoms with Gasteiger partial charge in [-0.1, -0.05) is 53.7 Å². The molecular formula is C24H30N6Pt. The maximum absolute atomic E-state index is 4.27. The average Bonchev–Trinajstić information content (AvgIpc) is 3.40. The molecule has 0 unspecified atom stereocenters. The van der Waals surface area contributed by atoms with E-state index in [2.05, 4.69) is 84.0 Å². The zero-order valence-corrected chi connectivity index (χ0v) is 21.2. The van der Waals surface area contributed by atoms with Crippen LogP contribution >= 0.6 is 0 Å². The number of H-pyrrole nitrogens is 2. The van der Waals surface area contributed by atoms with Crippen LogP contribution in [0.2, 0.25) is 0 Å². The molecule has 0 aliphatic rings. The normalized spacial score (nSPS) is 11.3. The van der Waals surface area contributed by atoms with Crippen LogP contribution in [0.3, 0.4) is 0 Å². The summed E-state index contributed by atoms with van der Waals surface area (Å²) in [6, 6.07) is 15.8. The van der Waals surface area contributed by atoms with Crippen LogP contribution in [-0.4, -0.2) is 30.4 Å². The van der Waals surface area contributed by atoms with E-state index in [0.717, 1.165) is 34.2 Å². The Morgan fingerprint density at radius 1 is 0.581 bits per heavy atom. The molecule has 0 saturated heterocycles. The minimum Gasteiger partial charge on any atom is -0.281 e. The topological polar surface area (TPSA) is 83.1 Å². The number of nitrogens with one attached hydrogen (secondary N) is 2. The molecule has 2 N–H and O–H groups in total. The fraction of sp³-hybridized carbons (Fsp3) is 0.333. The Bertz CT molecular complexity index is 969. The molecule has 166 valence electrons. The monoisotopic (exact) mass is 597 g/mol. The zero-order chi connectivity index (χ0) is 21.8.